The van der Waals surface area contributed by atoms with Crippen molar-refractivity contribution in [2.45, 2.75) is 0 Å². The maximum absolute atomic E-state index is 13.4. The minimum atomic E-state index is -4.14. The number of hydrogen-bond donors (Lipinski definition) is 0. The van der Waals surface area contributed by atoms with E-state index in [9.17, 15) is 18.0 Å². The van der Waals surface area contributed by atoms with Gasteiger partial charge in [-0.3, -0.25) is 9.59 Å². The summed E-state index contributed by atoms with van der Waals surface area (Å²) < 4.78 is 29.0. The molecule has 8 nitrogen and oxygen atoms in total. The molecule has 0 saturated heterocycles. The molecule has 0 atom stereocenters. The molecule has 4 rings (SSSR count). The lowest BCUT2D eigenvalue weighted by atomic mass is 10.2. The summed E-state index contributed by atoms with van der Waals surface area (Å²) in [5.74, 6) is -0.789. The molecule has 2 amide bonds. The van der Waals surface area contributed by atoms with Gasteiger partial charge in [0.25, 0.3) is 0 Å². The lowest BCUT2D eigenvalue weighted by molar-refractivity contribution is -0.117. The predicted octanol–water partition coefficient (Wildman–Crippen LogP) is 2.88. The van der Waals surface area contributed by atoms with E-state index in [2.05, 4.69) is 0 Å². The van der Waals surface area contributed by atoms with Gasteiger partial charge in [0.2, 0.25) is 11.8 Å². The number of anilines is 4. The second-order valence-electron chi connectivity index (χ2n) is 7.59. The smallest absolute Gasteiger partial charge is 0.314 e. The van der Waals surface area contributed by atoms with Gasteiger partial charge in [-0.05, 0) is 36.4 Å². The summed E-state index contributed by atoms with van der Waals surface area (Å²) in [6.07, 6.45) is 0. The minimum Gasteiger partial charge on any atom is -0.314 e. The average molecular weight is 465 g/mol. The van der Waals surface area contributed by atoms with Crippen LogP contribution in [0.5, 0.6) is 0 Å². The number of hydrogen-bond acceptors (Lipinski definition) is 4. The Hall–Kier alpha value is -3.85. The van der Waals surface area contributed by atoms with Crippen molar-refractivity contribution in [1.29, 1.82) is 0 Å². The van der Waals surface area contributed by atoms with Crippen molar-refractivity contribution in [1.82, 2.24) is 0 Å². The van der Waals surface area contributed by atoms with E-state index in [0.717, 1.165) is 8.61 Å². The number of amides is 2. The third-order valence-electron chi connectivity index (χ3n) is 5.57. The molecule has 33 heavy (non-hydrogen) atoms. The van der Waals surface area contributed by atoms with E-state index >= 15 is 0 Å². The van der Waals surface area contributed by atoms with Crippen molar-refractivity contribution >= 4 is 44.8 Å². The molecular formula is C24H24N4O4S. The van der Waals surface area contributed by atoms with Gasteiger partial charge in [-0.25, -0.2) is 8.61 Å². The number of carbonyl (C=O) groups is 2. The van der Waals surface area contributed by atoms with Gasteiger partial charge in [-0.1, -0.05) is 48.5 Å². The molecule has 0 saturated carbocycles. The van der Waals surface area contributed by atoms with E-state index in [0.29, 0.717) is 22.7 Å². The molecular weight excluding hydrogens is 440 g/mol. The van der Waals surface area contributed by atoms with E-state index in [1.165, 1.54) is 9.80 Å². The Morgan fingerprint density at radius 3 is 1.33 bits per heavy atom. The van der Waals surface area contributed by atoms with Crippen LogP contribution in [0.3, 0.4) is 0 Å². The zero-order valence-electron chi connectivity index (χ0n) is 18.3. The largest absolute Gasteiger partial charge is 0.327 e. The fourth-order valence-corrected chi connectivity index (χ4v) is 5.23. The van der Waals surface area contributed by atoms with Gasteiger partial charge in [-0.2, -0.15) is 8.42 Å². The van der Waals surface area contributed by atoms with E-state index < -0.39 is 22.0 Å². The number of carbonyl (C=O) groups excluding carboxylic acids is 2. The molecule has 170 valence electrons. The van der Waals surface area contributed by atoms with Crippen molar-refractivity contribution in [3.8, 4) is 0 Å². The first-order valence-corrected chi connectivity index (χ1v) is 11.7. The van der Waals surface area contributed by atoms with E-state index in [-0.39, 0.29) is 13.1 Å². The Kier molecular flexibility index (Phi) is 6.06. The van der Waals surface area contributed by atoms with Crippen LogP contribution in [0.1, 0.15) is 0 Å². The molecule has 9 heteroatoms. The topological polar surface area (TPSA) is 81.2 Å². The Morgan fingerprint density at radius 1 is 0.636 bits per heavy atom. The first-order valence-electron chi connectivity index (χ1n) is 10.3. The van der Waals surface area contributed by atoms with Crippen LogP contribution in [-0.2, 0) is 19.8 Å². The molecule has 0 aliphatic carbocycles. The highest BCUT2D eigenvalue weighted by Crippen LogP contribution is 2.40. The molecule has 0 N–H and O–H groups in total. The Bertz CT molecular complexity index is 1170. The summed E-state index contributed by atoms with van der Waals surface area (Å²) in [5, 5.41) is 0. The van der Waals surface area contributed by atoms with Crippen LogP contribution >= 0.6 is 0 Å². The summed E-state index contributed by atoms with van der Waals surface area (Å²) in [6, 6.07) is 24.6. The molecule has 0 radical (unpaired) electrons. The zero-order valence-corrected chi connectivity index (χ0v) is 19.1. The molecule has 0 spiro atoms. The molecule has 1 aliphatic heterocycles. The highest BCUT2D eigenvalue weighted by Gasteiger charge is 2.42. The Balaban J connectivity index is 1.59. The fourth-order valence-electron chi connectivity index (χ4n) is 3.64. The SMILES string of the molecule is CN(C(=O)CN1c2ccccc2N(CC(=O)N(C)c2ccccc2)S1(=O)=O)c1ccccc1. The van der Waals surface area contributed by atoms with Crippen molar-refractivity contribution in [2.75, 3.05) is 45.6 Å². The quantitative estimate of drug-likeness (QED) is 0.562. The van der Waals surface area contributed by atoms with Gasteiger partial charge in [-0.15, -0.1) is 0 Å². The molecule has 0 fully saturated rings. The molecule has 0 bridgehead atoms. The third-order valence-corrected chi connectivity index (χ3v) is 7.33. The van der Waals surface area contributed by atoms with Crippen LogP contribution in [0.4, 0.5) is 22.7 Å². The van der Waals surface area contributed by atoms with Crippen molar-refractivity contribution in [2.24, 2.45) is 0 Å². The van der Waals surface area contributed by atoms with Crippen molar-refractivity contribution < 1.29 is 18.0 Å². The molecule has 1 heterocycles. The summed E-state index contributed by atoms with van der Waals surface area (Å²) in [7, 11) is -0.938. The Morgan fingerprint density at radius 2 is 0.970 bits per heavy atom. The normalized spacial score (nSPS) is 14.0. The number of para-hydroxylation sites is 4. The second-order valence-corrected chi connectivity index (χ2v) is 9.36. The number of likely N-dealkylation sites (N-methyl/N-ethyl adjacent to an activating group) is 2. The molecule has 0 unspecified atom stereocenters. The van der Waals surface area contributed by atoms with Gasteiger partial charge >= 0.3 is 10.2 Å². The van der Waals surface area contributed by atoms with Crippen LogP contribution < -0.4 is 18.4 Å². The van der Waals surface area contributed by atoms with Crippen LogP contribution in [0.25, 0.3) is 0 Å². The van der Waals surface area contributed by atoms with Crippen LogP contribution in [0.2, 0.25) is 0 Å². The molecule has 0 aromatic heterocycles. The lowest BCUT2D eigenvalue weighted by Crippen LogP contribution is -2.47. The average Bonchev–Trinajstić information content (AvgIpc) is 3.05. The highest BCUT2D eigenvalue weighted by atomic mass is 32.2. The van der Waals surface area contributed by atoms with Gasteiger partial charge in [0.1, 0.15) is 13.1 Å². The zero-order chi connectivity index (χ0) is 23.6. The number of fused-ring (bicyclic) bond motifs is 1. The highest BCUT2D eigenvalue weighted by molar-refractivity contribution is 7.94. The number of nitrogens with zero attached hydrogens (tertiary/aromatic N) is 4. The molecule has 3 aromatic carbocycles. The minimum absolute atomic E-state index is 0.363. The van der Waals surface area contributed by atoms with E-state index in [4.69, 9.17) is 0 Å². The van der Waals surface area contributed by atoms with Gasteiger partial charge in [0.15, 0.2) is 0 Å². The first-order chi connectivity index (χ1) is 15.8. The number of rotatable bonds is 6. The van der Waals surface area contributed by atoms with Crippen molar-refractivity contribution in [3.05, 3.63) is 84.9 Å². The lowest BCUT2D eigenvalue weighted by Gasteiger charge is -2.25. The third kappa shape index (κ3) is 4.27. The van der Waals surface area contributed by atoms with Gasteiger partial charge in [0.05, 0.1) is 11.4 Å². The summed E-state index contributed by atoms with van der Waals surface area (Å²) in [6.45, 7) is -0.770. The van der Waals surface area contributed by atoms with E-state index in [1.54, 1.807) is 86.9 Å². The summed E-state index contributed by atoms with van der Waals surface area (Å²) in [5.41, 5.74) is 2.04. The second kappa shape index (κ2) is 8.95. The first kappa shape index (κ1) is 22.3. The maximum atomic E-state index is 13.4. The standard InChI is InChI=1S/C24H24N4O4S/c1-25(19-11-5-3-6-12-19)23(29)17-27-21-15-9-10-16-22(21)28(33(27,31)32)18-24(30)26(2)20-13-7-4-8-14-20/h3-16H,17-18H2,1-2H3. The Labute approximate surface area is 193 Å². The van der Waals surface area contributed by atoms with Crippen LogP contribution in [0, 0.1) is 0 Å². The number of benzene rings is 3. The van der Waals surface area contributed by atoms with Crippen LogP contribution in [-0.4, -0.2) is 47.4 Å². The summed E-state index contributed by atoms with van der Waals surface area (Å²) >= 11 is 0. The van der Waals surface area contributed by atoms with Crippen LogP contribution in [0.15, 0.2) is 84.9 Å². The van der Waals surface area contributed by atoms with Gasteiger partial charge < -0.3 is 9.80 Å². The monoisotopic (exact) mass is 464 g/mol. The predicted molar refractivity (Wildman–Crippen MR) is 130 cm³/mol. The van der Waals surface area contributed by atoms with Gasteiger partial charge in [0, 0.05) is 25.5 Å². The molecule has 3 aromatic rings. The fraction of sp³-hybridized carbons (Fsp3) is 0.167. The van der Waals surface area contributed by atoms with E-state index in [1.807, 2.05) is 12.1 Å². The molecule has 1 aliphatic rings. The maximum Gasteiger partial charge on any atom is 0.327 e. The van der Waals surface area contributed by atoms with Crippen molar-refractivity contribution in [3.63, 3.8) is 0 Å². The summed E-state index contributed by atoms with van der Waals surface area (Å²) in [4.78, 5) is 28.7.